The standard InChI is InChI=1S/C26H41F2N3O5S/c1-18-10-11-22(37(33,34)31-17-7-9-21(31)24(32)36-25(3,4)5)23(30-18)35-19(2)8-6-16-29-20-12-14-26(27,28)15-13-20/h10-11,19-21,29H,6-9,12-17H2,1-5H3/t19-,21+/m1/s1. The largest absolute Gasteiger partial charge is 0.474 e. The van der Waals surface area contributed by atoms with Crippen LogP contribution in [0.1, 0.15) is 84.8 Å². The van der Waals surface area contributed by atoms with E-state index in [9.17, 15) is 22.0 Å². The van der Waals surface area contributed by atoms with Gasteiger partial charge >= 0.3 is 5.97 Å². The van der Waals surface area contributed by atoms with Gasteiger partial charge < -0.3 is 14.8 Å². The lowest BCUT2D eigenvalue weighted by Gasteiger charge is -2.29. The van der Waals surface area contributed by atoms with Gasteiger partial charge in [0.25, 0.3) is 0 Å². The molecule has 11 heteroatoms. The Hall–Kier alpha value is -1.85. The van der Waals surface area contributed by atoms with Crippen molar-refractivity contribution < 1.29 is 31.5 Å². The third kappa shape index (κ3) is 8.32. The second kappa shape index (κ2) is 11.9. The molecule has 2 aliphatic rings. The molecule has 37 heavy (non-hydrogen) atoms. The summed E-state index contributed by atoms with van der Waals surface area (Å²) in [4.78, 5) is 17.0. The van der Waals surface area contributed by atoms with Gasteiger partial charge in [0.2, 0.25) is 21.8 Å². The van der Waals surface area contributed by atoms with Gasteiger partial charge in [-0.25, -0.2) is 22.2 Å². The van der Waals surface area contributed by atoms with E-state index in [-0.39, 0.29) is 42.3 Å². The van der Waals surface area contributed by atoms with Crippen LogP contribution in [0.2, 0.25) is 0 Å². The zero-order valence-electron chi connectivity index (χ0n) is 22.6. The SMILES string of the molecule is Cc1ccc(S(=O)(=O)N2CCC[C@H]2C(=O)OC(C)(C)C)c(O[C@H](C)CCCNC2CCC(F)(F)CC2)n1. The number of carbonyl (C=O) groups excluding carboxylic acids is 1. The van der Waals surface area contributed by atoms with E-state index < -0.39 is 33.6 Å². The third-order valence-electron chi connectivity index (χ3n) is 6.68. The normalized spacial score (nSPS) is 22.1. The highest BCUT2D eigenvalue weighted by Crippen LogP contribution is 2.34. The number of hydrogen-bond acceptors (Lipinski definition) is 7. The molecule has 0 amide bonds. The van der Waals surface area contributed by atoms with E-state index in [2.05, 4.69) is 10.3 Å². The van der Waals surface area contributed by atoms with Crippen LogP contribution in [0.15, 0.2) is 17.0 Å². The molecule has 1 saturated heterocycles. The monoisotopic (exact) mass is 545 g/mol. The molecule has 2 atom stereocenters. The first-order valence-corrected chi connectivity index (χ1v) is 14.6. The predicted octanol–water partition coefficient (Wildman–Crippen LogP) is 4.60. The molecular formula is C26H41F2N3O5S. The van der Waals surface area contributed by atoms with E-state index in [0.717, 1.165) is 6.42 Å². The van der Waals surface area contributed by atoms with Crippen molar-refractivity contribution in [1.29, 1.82) is 0 Å². The van der Waals surface area contributed by atoms with E-state index in [0.29, 0.717) is 44.3 Å². The van der Waals surface area contributed by atoms with Crippen LogP contribution in [0.4, 0.5) is 8.78 Å². The van der Waals surface area contributed by atoms with Crippen LogP contribution in [0.3, 0.4) is 0 Å². The summed E-state index contributed by atoms with van der Waals surface area (Å²) in [6, 6.07) is 2.30. The number of aromatic nitrogens is 1. The lowest BCUT2D eigenvalue weighted by molar-refractivity contribution is -0.158. The highest BCUT2D eigenvalue weighted by molar-refractivity contribution is 7.89. The molecule has 0 spiro atoms. The Labute approximate surface area is 219 Å². The van der Waals surface area contributed by atoms with Crippen LogP contribution in [-0.4, -0.2) is 66.5 Å². The molecule has 0 bridgehead atoms. The van der Waals surface area contributed by atoms with Gasteiger partial charge in [0.05, 0.1) is 6.10 Å². The summed E-state index contributed by atoms with van der Waals surface area (Å²) in [5.74, 6) is -3.08. The van der Waals surface area contributed by atoms with Crippen LogP contribution in [0.5, 0.6) is 5.88 Å². The Morgan fingerprint density at radius 3 is 2.57 bits per heavy atom. The molecule has 0 aromatic carbocycles. The van der Waals surface area contributed by atoms with Crippen molar-refractivity contribution >= 4 is 16.0 Å². The Morgan fingerprint density at radius 2 is 1.92 bits per heavy atom. The maximum Gasteiger partial charge on any atom is 0.324 e. The fourth-order valence-electron chi connectivity index (χ4n) is 4.75. The summed E-state index contributed by atoms with van der Waals surface area (Å²) in [7, 11) is -4.06. The van der Waals surface area contributed by atoms with Crippen LogP contribution >= 0.6 is 0 Å². The van der Waals surface area contributed by atoms with Crippen molar-refractivity contribution in [2.24, 2.45) is 0 Å². The summed E-state index contributed by atoms with van der Waals surface area (Å²) in [5.41, 5.74) is -0.108. The molecule has 0 unspecified atom stereocenters. The van der Waals surface area contributed by atoms with E-state index in [1.807, 2.05) is 6.92 Å². The fraction of sp³-hybridized carbons (Fsp3) is 0.769. The Kier molecular flexibility index (Phi) is 9.56. The Morgan fingerprint density at radius 1 is 1.24 bits per heavy atom. The van der Waals surface area contributed by atoms with Crippen molar-refractivity contribution in [2.75, 3.05) is 13.1 Å². The van der Waals surface area contributed by atoms with Gasteiger partial charge in [-0.05, 0) is 91.8 Å². The lowest BCUT2D eigenvalue weighted by Crippen LogP contribution is -2.43. The van der Waals surface area contributed by atoms with Crippen molar-refractivity contribution in [3.63, 3.8) is 0 Å². The predicted molar refractivity (Wildman–Crippen MR) is 136 cm³/mol. The highest BCUT2D eigenvalue weighted by Gasteiger charge is 2.43. The van der Waals surface area contributed by atoms with Crippen LogP contribution in [0, 0.1) is 6.92 Å². The fourth-order valence-corrected chi connectivity index (χ4v) is 6.45. The minimum absolute atomic E-state index is 0.0183. The summed E-state index contributed by atoms with van der Waals surface area (Å²) in [6.45, 7) is 9.73. The average molecular weight is 546 g/mol. The van der Waals surface area contributed by atoms with Crippen LogP contribution < -0.4 is 10.1 Å². The second-order valence-corrected chi connectivity index (χ2v) is 13.1. The molecular weight excluding hydrogens is 504 g/mol. The maximum atomic E-state index is 13.6. The molecule has 0 radical (unpaired) electrons. The van der Waals surface area contributed by atoms with Gasteiger partial charge in [0.15, 0.2) is 0 Å². The van der Waals surface area contributed by atoms with Gasteiger partial charge in [-0.1, -0.05) is 0 Å². The minimum atomic E-state index is -4.06. The number of ether oxygens (including phenoxy) is 2. The summed E-state index contributed by atoms with van der Waals surface area (Å²) >= 11 is 0. The quantitative estimate of drug-likeness (QED) is 0.339. The van der Waals surface area contributed by atoms with Gasteiger partial charge in [-0.3, -0.25) is 4.79 Å². The molecule has 210 valence electrons. The Balaban J connectivity index is 1.62. The number of carbonyl (C=O) groups is 1. The first-order chi connectivity index (χ1) is 17.2. The number of alkyl halides is 2. The number of hydrogen-bond donors (Lipinski definition) is 1. The zero-order valence-corrected chi connectivity index (χ0v) is 23.4. The third-order valence-corrected chi connectivity index (χ3v) is 8.61. The number of rotatable bonds is 10. The van der Waals surface area contributed by atoms with Gasteiger partial charge in [0, 0.05) is 31.1 Å². The highest BCUT2D eigenvalue weighted by atomic mass is 32.2. The number of sulfonamides is 1. The molecule has 2 heterocycles. The first-order valence-electron chi connectivity index (χ1n) is 13.2. The van der Waals surface area contributed by atoms with Gasteiger partial charge in [-0.15, -0.1) is 0 Å². The summed E-state index contributed by atoms with van der Waals surface area (Å²) in [6.07, 6.45) is 2.79. The molecule has 8 nitrogen and oxygen atoms in total. The summed E-state index contributed by atoms with van der Waals surface area (Å²) in [5, 5.41) is 3.34. The molecule has 2 fully saturated rings. The number of aryl methyl sites for hydroxylation is 1. The van der Waals surface area contributed by atoms with Crippen molar-refractivity contribution in [3.05, 3.63) is 17.8 Å². The van der Waals surface area contributed by atoms with Gasteiger partial charge in [-0.2, -0.15) is 4.31 Å². The van der Waals surface area contributed by atoms with E-state index in [4.69, 9.17) is 9.47 Å². The molecule has 1 aliphatic carbocycles. The number of esters is 1. The minimum Gasteiger partial charge on any atom is -0.474 e. The number of nitrogens with one attached hydrogen (secondary N) is 1. The van der Waals surface area contributed by atoms with Crippen molar-refractivity contribution in [3.8, 4) is 5.88 Å². The van der Waals surface area contributed by atoms with E-state index >= 15 is 0 Å². The molecule has 1 saturated carbocycles. The first kappa shape index (κ1) is 29.7. The van der Waals surface area contributed by atoms with Crippen LogP contribution in [-0.2, 0) is 19.6 Å². The average Bonchev–Trinajstić information content (AvgIpc) is 3.28. The topological polar surface area (TPSA) is 97.8 Å². The van der Waals surface area contributed by atoms with Crippen LogP contribution in [0.25, 0.3) is 0 Å². The second-order valence-electron chi connectivity index (χ2n) is 11.2. The molecule has 1 N–H and O–H groups in total. The van der Waals surface area contributed by atoms with Crippen molar-refractivity contribution in [2.45, 2.75) is 121 Å². The molecule has 1 aromatic rings. The van der Waals surface area contributed by atoms with E-state index in [1.54, 1.807) is 33.8 Å². The molecule has 1 aromatic heterocycles. The van der Waals surface area contributed by atoms with E-state index in [1.165, 1.54) is 10.4 Å². The maximum absolute atomic E-state index is 13.6. The zero-order chi connectivity index (χ0) is 27.4. The van der Waals surface area contributed by atoms with Gasteiger partial charge in [0.1, 0.15) is 16.5 Å². The number of pyridine rings is 1. The Bertz CT molecular complexity index is 1040. The number of halogens is 2. The molecule has 1 aliphatic heterocycles. The number of nitrogens with zero attached hydrogens (tertiary/aromatic N) is 2. The smallest absolute Gasteiger partial charge is 0.324 e. The lowest BCUT2D eigenvalue weighted by atomic mass is 9.92. The van der Waals surface area contributed by atoms with Crippen molar-refractivity contribution in [1.82, 2.24) is 14.6 Å². The molecule has 3 rings (SSSR count). The summed E-state index contributed by atoms with van der Waals surface area (Å²) < 4.78 is 66.6.